The molecule has 2 aromatic rings. The van der Waals surface area contributed by atoms with Crippen LogP contribution in [0.4, 0.5) is 0 Å². The van der Waals surface area contributed by atoms with Gasteiger partial charge < -0.3 is 10.5 Å². The molecule has 0 spiro atoms. The highest BCUT2D eigenvalue weighted by Gasteiger charge is 2.29. The molecule has 0 aliphatic heterocycles. The van der Waals surface area contributed by atoms with Gasteiger partial charge in [-0.1, -0.05) is 18.2 Å². The molecule has 0 radical (unpaired) electrons. The van der Waals surface area contributed by atoms with E-state index < -0.39 is 0 Å². The molecule has 5 nitrogen and oxygen atoms in total. The first-order chi connectivity index (χ1) is 10.1. The SMILES string of the molecule is C[C@@H](OC(=N)N)C1Cc2cccc(-c3cncnc3)c2C1. The second-order valence-electron chi connectivity index (χ2n) is 5.43. The summed E-state index contributed by atoms with van der Waals surface area (Å²) in [7, 11) is 0. The van der Waals surface area contributed by atoms with Crippen molar-refractivity contribution in [2.24, 2.45) is 11.7 Å². The summed E-state index contributed by atoms with van der Waals surface area (Å²) in [4.78, 5) is 8.20. The number of ether oxygens (including phenoxy) is 1. The number of hydrogen-bond acceptors (Lipinski definition) is 4. The quantitative estimate of drug-likeness (QED) is 0.667. The highest BCUT2D eigenvalue weighted by molar-refractivity contribution is 5.69. The molecule has 0 bridgehead atoms. The predicted octanol–water partition coefficient (Wildman–Crippen LogP) is 2.16. The molecular formula is C16H18N4O. The van der Waals surface area contributed by atoms with Crippen LogP contribution in [0.3, 0.4) is 0 Å². The number of hydrogen-bond donors (Lipinski definition) is 2. The Morgan fingerprint density at radius 2 is 2.10 bits per heavy atom. The molecule has 1 heterocycles. The maximum absolute atomic E-state index is 7.27. The lowest BCUT2D eigenvalue weighted by molar-refractivity contribution is 0.139. The van der Waals surface area contributed by atoms with Gasteiger partial charge in [0, 0.05) is 23.9 Å². The van der Waals surface area contributed by atoms with Crippen molar-refractivity contribution in [2.75, 3.05) is 0 Å². The summed E-state index contributed by atoms with van der Waals surface area (Å²) in [6, 6.07) is 6.12. The fourth-order valence-corrected chi connectivity index (χ4v) is 3.02. The molecule has 0 fully saturated rings. The van der Waals surface area contributed by atoms with E-state index in [0.29, 0.717) is 5.92 Å². The minimum atomic E-state index is -0.213. The molecular weight excluding hydrogens is 264 g/mol. The fraction of sp³-hybridized carbons (Fsp3) is 0.312. The van der Waals surface area contributed by atoms with Crippen molar-refractivity contribution in [3.63, 3.8) is 0 Å². The fourth-order valence-electron chi connectivity index (χ4n) is 3.02. The molecule has 3 rings (SSSR count). The average Bonchev–Trinajstić information content (AvgIpc) is 2.91. The van der Waals surface area contributed by atoms with E-state index in [0.717, 1.165) is 18.4 Å². The van der Waals surface area contributed by atoms with Crippen molar-refractivity contribution in [1.82, 2.24) is 9.97 Å². The summed E-state index contributed by atoms with van der Waals surface area (Å²) in [5.41, 5.74) is 10.2. The first-order valence-corrected chi connectivity index (χ1v) is 7.02. The van der Waals surface area contributed by atoms with Gasteiger partial charge in [-0.2, -0.15) is 0 Å². The number of nitrogens with one attached hydrogen (secondary N) is 1. The van der Waals surface area contributed by atoms with Gasteiger partial charge in [-0.3, -0.25) is 5.41 Å². The Morgan fingerprint density at radius 3 is 2.81 bits per heavy atom. The third-order valence-corrected chi connectivity index (χ3v) is 4.07. The van der Waals surface area contributed by atoms with Crippen LogP contribution in [0.1, 0.15) is 18.1 Å². The Morgan fingerprint density at radius 1 is 1.33 bits per heavy atom. The van der Waals surface area contributed by atoms with E-state index in [4.69, 9.17) is 15.9 Å². The van der Waals surface area contributed by atoms with Crippen LogP contribution >= 0.6 is 0 Å². The molecule has 1 aliphatic rings. The molecule has 0 saturated carbocycles. The second-order valence-corrected chi connectivity index (χ2v) is 5.43. The third kappa shape index (κ3) is 2.72. The number of nitrogens with two attached hydrogens (primary N) is 1. The van der Waals surface area contributed by atoms with Crippen molar-refractivity contribution in [3.05, 3.63) is 48.0 Å². The average molecular weight is 282 g/mol. The van der Waals surface area contributed by atoms with E-state index in [1.54, 1.807) is 0 Å². The molecule has 0 amide bonds. The topological polar surface area (TPSA) is 84.9 Å². The number of fused-ring (bicyclic) bond motifs is 1. The van der Waals surface area contributed by atoms with Gasteiger partial charge in [0.15, 0.2) is 0 Å². The number of amidine groups is 1. The molecule has 21 heavy (non-hydrogen) atoms. The van der Waals surface area contributed by atoms with Crippen molar-refractivity contribution in [3.8, 4) is 11.1 Å². The van der Waals surface area contributed by atoms with Crippen LogP contribution in [-0.4, -0.2) is 22.1 Å². The Bertz CT molecular complexity index is 657. The number of aromatic nitrogens is 2. The maximum Gasteiger partial charge on any atom is 0.279 e. The third-order valence-electron chi connectivity index (χ3n) is 4.07. The molecule has 1 aliphatic carbocycles. The predicted molar refractivity (Wildman–Crippen MR) is 80.8 cm³/mol. The molecule has 1 unspecified atom stereocenters. The lowest BCUT2D eigenvalue weighted by Gasteiger charge is -2.19. The largest absolute Gasteiger partial charge is 0.462 e. The lowest BCUT2D eigenvalue weighted by Crippen LogP contribution is -2.28. The molecule has 1 aromatic heterocycles. The highest BCUT2D eigenvalue weighted by atomic mass is 16.5. The minimum absolute atomic E-state index is 0.0604. The van der Waals surface area contributed by atoms with Gasteiger partial charge in [0.25, 0.3) is 6.02 Å². The Hall–Kier alpha value is -2.43. The van der Waals surface area contributed by atoms with E-state index in [1.807, 2.05) is 19.3 Å². The van der Waals surface area contributed by atoms with E-state index in [1.165, 1.54) is 23.0 Å². The highest BCUT2D eigenvalue weighted by Crippen LogP contribution is 2.36. The molecule has 2 atom stereocenters. The summed E-state index contributed by atoms with van der Waals surface area (Å²) in [6.07, 6.45) is 7.03. The van der Waals surface area contributed by atoms with Crippen molar-refractivity contribution in [1.29, 1.82) is 5.41 Å². The Balaban J connectivity index is 1.88. The molecule has 108 valence electrons. The van der Waals surface area contributed by atoms with Crippen molar-refractivity contribution >= 4 is 6.02 Å². The van der Waals surface area contributed by atoms with Crippen LogP contribution in [0.25, 0.3) is 11.1 Å². The van der Waals surface area contributed by atoms with Crippen LogP contribution in [0, 0.1) is 11.3 Å². The standard InChI is InChI=1S/C16H18N4O/c1-10(21-16(17)18)12-5-11-3-2-4-14(15(11)6-12)13-7-19-9-20-8-13/h2-4,7-10,12H,5-6H2,1H3,(H3,17,18)/t10-,12?/m1/s1. The van der Waals surface area contributed by atoms with Crippen molar-refractivity contribution < 1.29 is 4.74 Å². The monoisotopic (exact) mass is 282 g/mol. The zero-order valence-electron chi connectivity index (χ0n) is 11.9. The minimum Gasteiger partial charge on any atom is -0.462 e. The van der Waals surface area contributed by atoms with Gasteiger partial charge >= 0.3 is 0 Å². The molecule has 1 aromatic carbocycles. The van der Waals surface area contributed by atoms with Crippen LogP contribution in [0.15, 0.2) is 36.9 Å². The smallest absolute Gasteiger partial charge is 0.279 e. The van der Waals surface area contributed by atoms with Crippen LogP contribution in [0.5, 0.6) is 0 Å². The molecule has 0 saturated heterocycles. The van der Waals surface area contributed by atoms with E-state index >= 15 is 0 Å². The summed E-state index contributed by atoms with van der Waals surface area (Å²) in [5.74, 6) is 0.342. The van der Waals surface area contributed by atoms with Gasteiger partial charge in [-0.05, 0) is 36.5 Å². The summed E-state index contributed by atoms with van der Waals surface area (Å²) >= 11 is 0. The lowest BCUT2D eigenvalue weighted by atomic mass is 9.97. The first kappa shape index (κ1) is 13.5. The van der Waals surface area contributed by atoms with Gasteiger partial charge in [0.05, 0.1) is 0 Å². The molecule has 5 heteroatoms. The maximum atomic E-state index is 7.27. The van der Waals surface area contributed by atoms with Gasteiger partial charge in [0.2, 0.25) is 0 Å². The van der Waals surface area contributed by atoms with Gasteiger partial charge in [-0.15, -0.1) is 0 Å². The summed E-state index contributed by atoms with van der Waals surface area (Å²) in [6.45, 7) is 1.98. The Labute approximate surface area is 123 Å². The number of benzene rings is 1. The first-order valence-electron chi connectivity index (χ1n) is 7.02. The number of nitrogens with zero attached hydrogens (tertiary/aromatic N) is 2. The van der Waals surface area contributed by atoms with Crippen LogP contribution in [0.2, 0.25) is 0 Å². The van der Waals surface area contributed by atoms with Crippen LogP contribution in [-0.2, 0) is 17.6 Å². The normalized spacial score (nSPS) is 18.0. The second kappa shape index (κ2) is 5.52. The zero-order chi connectivity index (χ0) is 14.8. The summed E-state index contributed by atoms with van der Waals surface area (Å²) < 4.78 is 5.35. The van der Waals surface area contributed by atoms with Gasteiger partial charge in [0.1, 0.15) is 12.4 Å². The Kier molecular flexibility index (Phi) is 3.56. The summed E-state index contributed by atoms with van der Waals surface area (Å²) in [5, 5.41) is 7.27. The molecule has 3 N–H and O–H groups in total. The zero-order valence-corrected chi connectivity index (χ0v) is 11.9. The van der Waals surface area contributed by atoms with Crippen molar-refractivity contribution in [2.45, 2.75) is 25.9 Å². The van der Waals surface area contributed by atoms with Gasteiger partial charge in [-0.25, -0.2) is 9.97 Å². The van der Waals surface area contributed by atoms with E-state index in [2.05, 4.69) is 28.2 Å². The number of rotatable bonds is 3. The van der Waals surface area contributed by atoms with E-state index in [-0.39, 0.29) is 12.1 Å². The van der Waals surface area contributed by atoms with Crippen LogP contribution < -0.4 is 5.73 Å². The van der Waals surface area contributed by atoms with E-state index in [9.17, 15) is 0 Å².